The molecule has 2 aliphatic rings. The van der Waals surface area contributed by atoms with Crippen LogP contribution < -0.4 is 5.32 Å². The number of imide groups is 2. The molecule has 1 N–H and O–H groups in total. The zero-order valence-electron chi connectivity index (χ0n) is 17.8. The second-order valence-electron chi connectivity index (χ2n) is 7.84. The zero-order chi connectivity index (χ0) is 23.4. The molecule has 1 aromatic carbocycles. The summed E-state index contributed by atoms with van der Waals surface area (Å²) in [5, 5.41) is 1.20. The van der Waals surface area contributed by atoms with Gasteiger partial charge in [0.25, 0.3) is 0 Å². The molecular formula is C21H25ClN4O6. The van der Waals surface area contributed by atoms with Crippen molar-refractivity contribution in [1.82, 2.24) is 20.0 Å². The predicted octanol–water partition coefficient (Wildman–Crippen LogP) is -0.127. The highest BCUT2D eigenvalue weighted by Gasteiger charge is 2.38. The van der Waals surface area contributed by atoms with E-state index in [1.54, 1.807) is 40.1 Å². The van der Waals surface area contributed by atoms with Crippen LogP contribution in [0.15, 0.2) is 30.3 Å². The van der Waals surface area contributed by atoms with Gasteiger partial charge in [-0.3, -0.25) is 39.1 Å². The molecular weight excluding hydrogens is 440 g/mol. The van der Waals surface area contributed by atoms with Gasteiger partial charge in [0.1, 0.15) is 0 Å². The molecule has 172 valence electrons. The second kappa shape index (κ2) is 10.2. The molecule has 0 aromatic heterocycles. The second-order valence-corrected chi connectivity index (χ2v) is 8.28. The predicted molar refractivity (Wildman–Crippen MR) is 113 cm³/mol. The van der Waals surface area contributed by atoms with Crippen molar-refractivity contribution < 1.29 is 28.7 Å². The third kappa shape index (κ3) is 5.50. The third-order valence-corrected chi connectivity index (χ3v) is 6.17. The maximum Gasteiger partial charge on any atom is 0.330 e. The average Bonchev–Trinajstić information content (AvgIpc) is 2.76. The molecule has 4 amide bonds. The van der Waals surface area contributed by atoms with Crippen LogP contribution >= 0.6 is 11.6 Å². The van der Waals surface area contributed by atoms with E-state index in [4.69, 9.17) is 16.3 Å². The summed E-state index contributed by atoms with van der Waals surface area (Å²) in [4.78, 5) is 64.9. The van der Waals surface area contributed by atoms with E-state index in [9.17, 15) is 24.0 Å². The van der Waals surface area contributed by atoms with Crippen molar-refractivity contribution in [2.75, 3.05) is 32.9 Å². The molecule has 0 bridgehead atoms. The standard InChI is InChI=1S/C21H25ClN4O6/c1-13(24-8-16(27)23-17(28)9-24)14(2)25-10-18(29)26(19(30)11-25)12-32-21(31)20(22)15-6-4-3-5-7-15/h3-7,13-14,20H,8-12H2,1-2H3,(H,23,27,28). The lowest BCUT2D eigenvalue weighted by Crippen LogP contribution is -2.62. The van der Waals surface area contributed by atoms with Gasteiger partial charge in [-0.05, 0) is 19.4 Å². The van der Waals surface area contributed by atoms with Crippen molar-refractivity contribution in [1.29, 1.82) is 0 Å². The summed E-state index contributed by atoms with van der Waals surface area (Å²) in [5.41, 5.74) is 0.550. The number of halogens is 1. The highest BCUT2D eigenvalue weighted by Crippen LogP contribution is 2.22. The van der Waals surface area contributed by atoms with Gasteiger partial charge in [0.05, 0.1) is 26.2 Å². The van der Waals surface area contributed by atoms with Gasteiger partial charge in [-0.25, -0.2) is 4.90 Å². The number of esters is 1. The van der Waals surface area contributed by atoms with Crippen LogP contribution in [-0.2, 0) is 28.7 Å². The fourth-order valence-electron chi connectivity index (χ4n) is 3.66. The monoisotopic (exact) mass is 464 g/mol. The Labute approximate surface area is 190 Å². The minimum Gasteiger partial charge on any atom is -0.442 e. The van der Waals surface area contributed by atoms with Crippen LogP contribution in [0.4, 0.5) is 0 Å². The van der Waals surface area contributed by atoms with Crippen molar-refractivity contribution in [3.8, 4) is 0 Å². The fraction of sp³-hybridized carbons (Fsp3) is 0.476. The molecule has 1 aromatic rings. The molecule has 0 aliphatic carbocycles. The highest BCUT2D eigenvalue weighted by molar-refractivity contribution is 6.29. The van der Waals surface area contributed by atoms with Gasteiger partial charge in [0.2, 0.25) is 23.6 Å². The topological polar surface area (TPSA) is 116 Å². The maximum absolute atomic E-state index is 12.6. The van der Waals surface area contributed by atoms with E-state index in [1.807, 2.05) is 13.8 Å². The number of piperazine rings is 2. The average molecular weight is 465 g/mol. The summed E-state index contributed by atoms with van der Waals surface area (Å²) < 4.78 is 5.11. The molecule has 32 heavy (non-hydrogen) atoms. The third-order valence-electron chi connectivity index (χ3n) is 5.74. The minimum absolute atomic E-state index is 0.0637. The Balaban J connectivity index is 1.55. The van der Waals surface area contributed by atoms with Crippen molar-refractivity contribution in [2.24, 2.45) is 0 Å². The summed E-state index contributed by atoms with van der Waals surface area (Å²) >= 11 is 6.11. The molecule has 3 unspecified atom stereocenters. The lowest BCUT2D eigenvalue weighted by molar-refractivity contribution is -0.165. The molecule has 0 saturated carbocycles. The quantitative estimate of drug-likeness (QED) is 0.337. The molecule has 2 saturated heterocycles. The first-order chi connectivity index (χ1) is 15.2. The van der Waals surface area contributed by atoms with Crippen LogP contribution in [-0.4, -0.2) is 89.3 Å². The Kier molecular flexibility index (Phi) is 7.60. The number of amides is 4. The SMILES string of the molecule is CC(C(C)N1CC(=O)N(COC(=O)C(Cl)c2ccccc2)C(=O)C1)N1CC(=O)NC(=O)C1. The number of ether oxygens (including phenoxy) is 1. The van der Waals surface area contributed by atoms with E-state index in [1.165, 1.54) is 0 Å². The first kappa shape index (κ1) is 23.8. The van der Waals surface area contributed by atoms with Gasteiger partial charge >= 0.3 is 5.97 Å². The van der Waals surface area contributed by atoms with E-state index in [0.717, 1.165) is 4.90 Å². The molecule has 3 atom stereocenters. The fourth-order valence-corrected chi connectivity index (χ4v) is 3.87. The van der Waals surface area contributed by atoms with E-state index >= 15 is 0 Å². The normalized spacial score (nSPS) is 21.2. The van der Waals surface area contributed by atoms with Gasteiger partial charge in [0.15, 0.2) is 12.1 Å². The van der Waals surface area contributed by atoms with Crippen molar-refractivity contribution in [3.05, 3.63) is 35.9 Å². The van der Waals surface area contributed by atoms with Crippen molar-refractivity contribution in [2.45, 2.75) is 31.3 Å². The molecule has 2 fully saturated rings. The maximum atomic E-state index is 12.6. The molecule has 3 rings (SSSR count). The Bertz CT molecular complexity index is 877. The van der Waals surface area contributed by atoms with Gasteiger partial charge in [-0.1, -0.05) is 30.3 Å². The van der Waals surface area contributed by atoms with Crippen LogP contribution in [0.3, 0.4) is 0 Å². The molecule has 10 nitrogen and oxygen atoms in total. The highest BCUT2D eigenvalue weighted by atomic mass is 35.5. The van der Waals surface area contributed by atoms with Gasteiger partial charge in [-0.2, -0.15) is 0 Å². The Morgan fingerprint density at radius 1 is 0.938 bits per heavy atom. The lowest BCUT2D eigenvalue weighted by Gasteiger charge is -2.41. The van der Waals surface area contributed by atoms with Gasteiger partial charge < -0.3 is 4.74 Å². The number of alkyl halides is 1. The largest absolute Gasteiger partial charge is 0.442 e. The molecule has 0 spiro atoms. The first-order valence-electron chi connectivity index (χ1n) is 10.2. The number of hydrogen-bond acceptors (Lipinski definition) is 8. The zero-order valence-corrected chi connectivity index (χ0v) is 18.6. The summed E-state index contributed by atoms with van der Waals surface area (Å²) in [6.45, 7) is 3.16. The van der Waals surface area contributed by atoms with E-state index < -0.39 is 29.9 Å². The Morgan fingerprint density at radius 3 is 1.97 bits per heavy atom. The van der Waals surface area contributed by atoms with E-state index in [2.05, 4.69) is 5.32 Å². The molecule has 2 aliphatic heterocycles. The number of carbonyl (C=O) groups excluding carboxylic acids is 5. The van der Waals surface area contributed by atoms with Crippen LogP contribution in [0.5, 0.6) is 0 Å². The summed E-state index contributed by atoms with van der Waals surface area (Å²) in [6.07, 6.45) is 0. The Morgan fingerprint density at radius 2 is 1.44 bits per heavy atom. The van der Waals surface area contributed by atoms with E-state index in [-0.39, 0.29) is 50.1 Å². The van der Waals surface area contributed by atoms with Gasteiger partial charge in [0, 0.05) is 12.1 Å². The summed E-state index contributed by atoms with van der Waals surface area (Å²) in [7, 11) is 0. The molecule has 0 radical (unpaired) electrons. The van der Waals surface area contributed by atoms with Crippen LogP contribution in [0.1, 0.15) is 24.8 Å². The number of hydrogen-bond donors (Lipinski definition) is 1. The molecule has 11 heteroatoms. The van der Waals surface area contributed by atoms with Crippen LogP contribution in [0.25, 0.3) is 0 Å². The van der Waals surface area contributed by atoms with E-state index in [0.29, 0.717) is 5.56 Å². The Hall–Kier alpha value is -2.82. The van der Waals surface area contributed by atoms with Crippen molar-refractivity contribution in [3.63, 3.8) is 0 Å². The minimum atomic E-state index is -1.05. The number of nitrogens with one attached hydrogen (secondary N) is 1. The smallest absolute Gasteiger partial charge is 0.330 e. The lowest BCUT2D eigenvalue weighted by atomic mass is 10.1. The van der Waals surface area contributed by atoms with Crippen LogP contribution in [0, 0.1) is 0 Å². The number of nitrogens with zero attached hydrogens (tertiary/aromatic N) is 3. The number of benzene rings is 1. The van der Waals surface area contributed by atoms with Crippen molar-refractivity contribution >= 4 is 41.2 Å². The molecule has 2 heterocycles. The number of carbonyl (C=O) groups is 5. The summed E-state index contributed by atoms with van der Waals surface area (Å²) in [6, 6.07) is 8.08. The summed E-state index contributed by atoms with van der Waals surface area (Å²) in [5.74, 6) is -2.53. The van der Waals surface area contributed by atoms with Gasteiger partial charge in [-0.15, -0.1) is 11.6 Å². The first-order valence-corrected chi connectivity index (χ1v) is 10.6. The van der Waals surface area contributed by atoms with Crippen LogP contribution in [0.2, 0.25) is 0 Å². The number of rotatable bonds is 7.